The van der Waals surface area contributed by atoms with Crippen LogP contribution in [0.15, 0.2) is 18.2 Å². The minimum atomic E-state index is -0.535. The molecule has 0 aliphatic heterocycles. The van der Waals surface area contributed by atoms with Crippen LogP contribution in [0.3, 0.4) is 0 Å². The summed E-state index contributed by atoms with van der Waals surface area (Å²) in [5, 5.41) is 11.0. The highest BCUT2D eigenvalue weighted by Gasteiger charge is 2.14. The molecule has 1 heterocycles. The van der Waals surface area contributed by atoms with Gasteiger partial charge in [0.25, 0.3) is 5.69 Å². The van der Waals surface area contributed by atoms with E-state index in [0.717, 1.165) is 0 Å². The van der Waals surface area contributed by atoms with Crippen LogP contribution in [0.25, 0.3) is 0 Å². The number of ether oxygens (including phenoxy) is 1. The van der Waals surface area contributed by atoms with Crippen molar-refractivity contribution in [2.45, 2.75) is 13.8 Å². The number of benzene rings is 1. The molecule has 1 aromatic heterocycles. The van der Waals surface area contributed by atoms with Gasteiger partial charge in [-0.3, -0.25) is 10.1 Å². The first-order chi connectivity index (χ1) is 9.38. The summed E-state index contributed by atoms with van der Waals surface area (Å²) in [4.78, 5) is 18.2. The van der Waals surface area contributed by atoms with Crippen LogP contribution in [0.2, 0.25) is 10.2 Å². The van der Waals surface area contributed by atoms with E-state index in [-0.39, 0.29) is 27.5 Å². The van der Waals surface area contributed by atoms with Crippen molar-refractivity contribution < 1.29 is 9.66 Å². The number of hydrogen-bond donors (Lipinski definition) is 0. The van der Waals surface area contributed by atoms with Gasteiger partial charge in [0.05, 0.1) is 9.95 Å². The Morgan fingerprint density at radius 3 is 2.55 bits per heavy atom. The van der Waals surface area contributed by atoms with Crippen molar-refractivity contribution in [3.63, 3.8) is 0 Å². The summed E-state index contributed by atoms with van der Waals surface area (Å²) >= 11 is 11.9. The third-order valence-corrected chi connectivity index (χ3v) is 3.15. The molecule has 0 atom stereocenters. The molecule has 0 aliphatic rings. The lowest BCUT2D eigenvalue weighted by atomic mass is 10.3. The predicted molar refractivity (Wildman–Crippen MR) is 74.7 cm³/mol. The van der Waals surface area contributed by atoms with Gasteiger partial charge in [-0.25, -0.2) is 4.98 Å². The Morgan fingerprint density at radius 2 is 1.95 bits per heavy atom. The number of aryl methyl sites for hydroxylation is 1. The zero-order valence-corrected chi connectivity index (χ0v) is 12.1. The Balaban J connectivity index is 2.38. The zero-order valence-electron chi connectivity index (χ0n) is 10.6. The second kappa shape index (κ2) is 5.60. The number of aromatic nitrogens is 2. The van der Waals surface area contributed by atoms with Gasteiger partial charge in [-0.15, -0.1) is 0 Å². The van der Waals surface area contributed by atoms with Crippen LogP contribution < -0.4 is 4.74 Å². The minimum absolute atomic E-state index is 0.115. The Morgan fingerprint density at radius 1 is 1.25 bits per heavy atom. The van der Waals surface area contributed by atoms with Crippen molar-refractivity contribution in [3.8, 4) is 11.6 Å². The molecule has 2 rings (SSSR count). The van der Waals surface area contributed by atoms with Crippen LogP contribution in [0.5, 0.6) is 11.6 Å². The highest BCUT2D eigenvalue weighted by molar-refractivity contribution is 6.32. The molecule has 0 unspecified atom stereocenters. The molecule has 0 fully saturated rings. The fraction of sp³-hybridized carbons (Fsp3) is 0.167. The second-order valence-corrected chi connectivity index (χ2v) is 4.73. The number of non-ortho nitro benzene ring substituents is 1. The van der Waals surface area contributed by atoms with E-state index in [9.17, 15) is 10.1 Å². The van der Waals surface area contributed by atoms with Crippen molar-refractivity contribution in [1.29, 1.82) is 0 Å². The van der Waals surface area contributed by atoms with Gasteiger partial charge in [-0.05, 0) is 19.9 Å². The number of nitro groups is 1. The van der Waals surface area contributed by atoms with E-state index < -0.39 is 4.92 Å². The number of halogens is 2. The van der Waals surface area contributed by atoms with Gasteiger partial charge >= 0.3 is 0 Å². The summed E-state index contributed by atoms with van der Waals surface area (Å²) in [5.41, 5.74) is 0.447. The van der Waals surface area contributed by atoms with Crippen molar-refractivity contribution in [2.75, 3.05) is 0 Å². The lowest BCUT2D eigenvalue weighted by Crippen LogP contribution is -1.98. The SMILES string of the molecule is Cc1nc(Cl)c(C)c(Oc2ccc([N+](=O)[O-])cc2Cl)n1. The van der Waals surface area contributed by atoms with E-state index in [1.165, 1.54) is 18.2 Å². The number of nitrogens with zero attached hydrogens (tertiary/aromatic N) is 3. The van der Waals surface area contributed by atoms with Crippen LogP contribution in [0, 0.1) is 24.0 Å². The maximum absolute atomic E-state index is 10.6. The minimum Gasteiger partial charge on any atom is -0.437 e. The number of rotatable bonds is 3. The molecule has 20 heavy (non-hydrogen) atoms. The largest absolute Gasteiger partial charge is 0.437 e. The molecule has 0 N–H and O–H groups in total. The first-order valence-corrected chi connectivity index (χ1v) is 6.26. The highest BCUT2D eigenvalue weighted by atomic mass is 35.5. The van der Waals surface area contributed by atoms with E-state index in [2.05, 4.69) is 9.97 Å². The first-order valence-electron chi connectivity index (χ1n) is 5.51. The summed E-state index contributed by atoms with van der Waals surface area (Å²) in [6.07, 6.45) is 0. The Hall–Kier alpha value is -1.92. The lowest BCUT2D eigenvalue weighted by Gasteiger charge is -2.10. The average Bonchev–Trinajstić information content (AvgIpc) is 2.37. The smallest absolute Gasteiger partial charge is 0.271 e. The van der Waals surface area contributed by atoms with Crippen molar-refractivity contribution in [3.05, 3.63) is 49.9 Å². The molecule has 0 bridgehead atoms. The predicted octanol–water partition coefficient (Wildman–Crippen LogP) is 4.10. The fourth-order valence-corrected chi connectivity index (χ4v) is 1.88. The molecule has 0 saturated heterocycles. The van der Waals surface area contributed by atoms with Crippen LogP contribution in [-0.4, -0.2) is 14.9 Å². The van der Waals surface area contributed by atoms with Gasteiger partial charge in [0, 0.05) is 17.7 Å². The molecule has 0 radical (unpaired) electrons. The van der Waals surface area contributed by atoms with E-state index in [4.69, 9.17) is 27.9 Å². The van der Waals surface area contributed by atoms with Crippen LogP contribution in [0.4, 0.5) is 5.69 Å². The monoisotopic (exact) mass is 313 g/mol. The van der Waals surface area contributed by atoms with Gasteiger partial charge in [-0.1, -0.05) is 23.2 Å². The average molecular weight is 314 g/mol. The summed E-state index contributed by atoms with van der Waals surface area (Å²) in [6.45, 7) is 3.38. The van der Waals surface area contributed by atoms with E-state index in [0.29, 0.717) is 11.4 Å². The van der Waals surface area contributed by atoms with E-state index >= 15 is 0 Å². The summed E-state index contributed by atoms with van der Waals surface area (Å²) < 4.78 is 5.55. The van der Waals surface area contributed by atoms with Gasteiger partial charge in [0.2, 0.25) is 5.88 Å². The van der Waals surface area contributed by atoms with Gasteiger partial charge < -0.3 is 4.74 Å². The molecule has 8 heteroatoms. The Bertz CT molecular complexity index is 692. The first kappa shape index (κ1) is 14.5. The standard InChI is InChI=1S/C12H9Cl2N3O3/c1-6-11(14)15-7(2)16-12(6)20-10-4-3-8(17(18)19)5-9(10)13/h3-5H,1-2H3. The van der Waals surface area contributed by atoms with E-state index in [1.54, 1.807) is 13.8 Å². The number of nitro benzene ring substituents is 1. The molecule has 0 aliphatic carbocycles. The topological polar surface area (TPSA) is 78.2 Å². The molecule has 0 spiro atoms. The number of hydrogen-bond acceptors (Lipinski definition) is 5. The van der Waals surface area contributed by atoms with Gasteiger partial charge in [-0.2, -0.15) is 4.98 Å². The molecule has 6 nitrogen and oxygen atoms in total. The van der Waals surface area contributed by atoms with Crippen LogP contribution in [0.1, 0.15) is 11.4 Å². The Labute approximate surface area is 124 Å². The molecule has 104 valence electrons. The second-order valence-electron chi connectivity index (χ2n) is 3.97. The van der Waals surface area contributed by atoms with Crippen molar-refractivity contribution >= 4 is 28.9 Å². The molecular formula is C12H9Cl2N3O3. The summed E-state index contributed by atoms with van der Waals surface area (Å²) in [7, 11) is 0. The van der Waals surface area contributed by atoms with Crippen LogP contribution in [-0.2, 0) is 0 Å². The third kappa shape index (κ3) is 2.97. The highest BCUT2D eigenvalue weighted by Crippen LogP contribution is 2.33. The quantitative estimate of drug-likeness (QED) is 0.484. The van der Waals surface area contributed by atoms with Crippen molar-refractivity contribution in [1.82, 2.24) is 9.97 Å². The molecule has 1 aromatic carbocycles. The summed E-state index contributed by atoms with van der Waals surface area (Å²) in [5.74, 6) is 0.974. The maximum Gasteiger partial charge on any atom is 0.271 e. The fourth-order valence-electron chi connectivity index (χ4n) is 1.46. The Kier molecular flexibility index (Phi) is 4.06. The zero-order chi connectivity index (χ0) is 14.9. The normalized spacial score (nSPS) is 10.4. The van der Waals surface area contributed by atoms with Gasteiger partial charge in [0.15, 0.2) is 0 Å². The third-order valence-electron chi connectivity index (χ3n) is 2.49. The van der Waals surface area contributed by atoms with Crippen LogP contribution >= 0.6 is 23.2 Å². The molecule has 2 aromatic rings. The van der Waals surface area contributed by atoms with Gasteiger partial charge in [0.1, 0.15) is 16.7 Å². The van der Waals surface area contributed by atoms with E-state index in [1.807, 2.05) is 0 Å². The summed E-state index contributed by atoms with van der Waals surface area (Å²) in [6, 6.07) is 3.92. The molecule has 0 saturated carbocycles. The maximum atomic E-state index is 10.6. The van der Waals surface area contributed by atoms with Crippen molar-refractivity contribution in [2.24, 2.45) is 0 Å². The molecular weight excluding hydrogens is 305 g/mol. The lowest BCUT2D eigenvalue weighted by molar-refractivity contribution is -0.384. The molecule has 0 amide bonds.